The number of benzene rings is 3. The molecule has 0 spiro atoms. The van der Waals surface area contributed by atoms with Gasteiger partial charge in [0.15, 0.2) is 10.9 Å². The number of amides is 3. The molecule has 1 fully saturated rings. The first-order valence-corrected chi connectivity index (χ1v) is 12.7. The Labute approximate surface area is 228 Å². The number of hydrogen-bond acceptors (Lipinski definition) is 6. The maximum atomic E-state index is 12.9. The summed E-state index contributed by atoms with van der Waals surface area (Å²) in [6.45, 7) is 3.69. The predicted octanol–water partition coefficient (Wildman–Crippen LogP) is 5.52. The van der Waals surface area contributed by atoms with Gasteiger partial charge < -0.3 is 10.1 Å². The van der Waals surface area contributed by atoms with Crippen molar-refractivity contribution in [2.75, 3.05) is 11.9 Å². The largest absolute Gasteiger partial charge is 0.484 e. The van der Waals surface area contributed by atoms with Gasteiger partial charge in [0.1, 0.15) is 5.75 Å². The first-order chi connectivity index (χ1) is 17.7. The molecular weight excluding hydrogens is 530 g/mol. The third-order valence-corrected chi connectivity index (χ3v) is 6.87. The predicted molar refractivity (Wildman–Crippen MR) is 150 cm³/mol. The molecule has 0 radical (unpaired) electrons. The molecule has 2 N–H and O–H groups in total. The average molecular weight is 552 g/mol. The SMILES string of the molecule is Cc1ccc(NC(=O)COc2ccc(/C=C3/SC(=S)N(NC(=O)c4ccc(C)cc4Cl)C3=O)cc2)cc1. The maximum Gasteiger partial charge on any atom is 0.285 e. The molecule has 3 aromatic carbocycles. The molecule has 0 bridgehead atoms. The number of aryl methyl sites for hydroxylation is 2. The summed E-state index contributed by atoms with van der Waals surface area (Å²) in [6.07, 6.45) is 1.66. The molecule has 188 valence electrons. The van der Waals surface area contributed by atoms with Gasteiger partial charge in [0, 0.05) is 5.69 Å². The van der Waals surface area contributed by atoms with Crippen LogP contribution in [-0.4, -0.2) is 33.7 Å². The van der Waals surface area contributed by atoms with E-state index in [9.17, 15) is 14.4 Å². The van der Waals surface area contributed by atoms with Gasteiger partial charge in [0.2, 0.25) is 0 Å². The summed E-state index contributed by atoms with van der Waals surface area (Å²) in [5.41, 5.74) is 6.22. The van der Waals surface area contributed by atoms with Gasteiger partial charge in [0.05, 0.1) is 15.5 Å². The molecule has 10 heteroatoms. The number of anilines is 1. The highest BCUT2D eigenvalue weighted by Gasteiger charge is 2.34. The molecule has 0 unspecified atom stereocenters. The lowest BCUT2D eigenvalue weighted by Crippen LogP contribution is -2.44. The van der Waals surface area contributed by atoms with Crippen LogP contribution in [0.3, 0.4) is 0 Å². The number of hydrogen-bond donors (Lipinski definition) is 2. The minimum atomic E-state index is -0.532. The van der Waals surface area contributed by atoms with Crippen molar-refractivity contribution in [3.8, 4) is 5.75 Å². The Morgan fingerprint density at radius 2 is 1.70 bits per heavy atom. The van der Waals surface area contributed by atoms with Gasteiger partial charge in [-0.15, -0.1) is 0 Å². The van der Waals surface area contributed by atoms with E-state index in [0.717, 1.165) is 33.5 Å². The molecule has 1 saturated heterocycles. The Kier molecular flexibility index (Phi) is 8.27. The quantitative estimate of drug-likeness (QED) is 0.297. The Morgan fingerprint density at radius 1 is 1.03 bits per heavy atom. The number of carbonyl (C=O) groups excluding carboxylic acids is 3. The summed E-state index contributed by atoms with van der Waals surface area (Å²) in [7, 11) is 0. The minimum Gasteiger partial charge on any atom is -0.484 e. The molecule has 3 aromatic rings. The first-order valence-electron chi connectivity index (χ1n) is 11.1. The molecule has 0 aromatic heterocycles. The highest BCUT2D eigenvalue weighted by Crippen LogP contribution is 2.32. The van der Waals surface area contributed by atoms with Gasteiger partial charge in [-0.1, -0.05) is 59.3 Å². The molecule has 37 heavy (non-hydrogen) atoms. The number of thioether (sulfide) groups is 1. The number of nitrogens with one attached hydrogen (secondary N) is 2. The fourth-order valence-corrected chi connectivity index (χ4v) is 4.83. The van der Waals surface area contributed by atoms with E-state index in [1.165, 1.54) is 0 Å². The number of rotatable bonds is 7. The number of nitrogens with zero attached hydrogens (tertiary/aromatic N) is 1. The summed E-state index contributed by atoms with van der Waals surface area (Å²) in [6, 6.07) is 19.4. The zero-order valence-electron chi connectivity index (χ0n) is 19.9. The molecule has 1 aliphatic heterocycles. The van der Waals surface area contributed by atoms with Crippen LogP contribution in [0.4, 0.5) is 5.69 Å². The van der Waals surface area contributed by atoms with E-state index in [0.29, 0.717) is 16.3 Å². The van der Waals surface area contributed by atoms with Gasteiger partial charge in [0.25, 0.3) is 17.7 Å². The molecule has 0 aliphatic carbocycles. The minimum absolute atomic E-state index is 0.142. The van der Waals surface area contributed by atoms with Gasteiger partial charge in [-0.05, 0) is 79.7 Å². The Hall–Kier alpha value is -3.66. The molecule has 3 amide bonds. The Morgan fingerprint density at radius 3 is 2.38 bits per heavy atom. The standard InChI is InChI=1S/C27H22ClN3O4S2/c1-16-3-8-19(9-4-16)29-24(32)15-35-20-10-6-18(7-11-20)14-23-26(34)31(27(36)37-23)30-25(33)21-12-5-17(2)13-22(21)28/h3-14H,15H2,1-2H3,(H,29,32)(H,30,33)/b23-14+. The second-order valence-electron chi connectivity index (χ2n) is 8.21. The van der Waals surface area contributed by atoms with E-state index in [2.05, 4.69) is 10.7 Å². The number of thiocarbonyl (C=S) groups is 1. The highest BCUT2D eigenvalue weighted by atomic mass is 35.5. The number of ether oxygens (including phenoxy) is 1. The monoisotopic (exact) mass is 551 g/mol. The van der Waals surface area contributed by atoms with E-state index < -0.39 is 11.8 Å². The fraction of sp³-hybridized carbons (Fsp3) is 0.111. The van der Waals surface area contributed by atoms with Crippen molar-refractivity contribution >= 4 is 69.4 Å². The lowest BCUT2D eigenvalue weighted by atomic mass is 10.1. The summed E-state index contributed by atoms with van der Waals surface area (Å²) < 4.78 is 5.76. The lowest BCUT2D eigenvalue weighted by Gasteiger charge is -2.16. The average Bonchev–Trinajstić information content (AvgIpc) is 3.12. The number of hydrazine groups is 1. The lowest BCUT2D eigenvalue weighted by molar-refractivity contribution is -0.123. The van der Waals surface area contributed by atoms with Gasteiger partial charge in [-0.3, -0.25) is 19.8 Å². The van der Waals surface area contributed by atoms with Crippen molar-refractivity contribution in [2.24, 2.45) is 0 Å². The second kappa shape index (κ2) is 11.6. The van der Waals surface area contributed by atoms with Crippen LogP contribution in [0.2, 0.25) is 5.02 Å². The van der Waals surface area contributed by atoms with Crippen molar-refractivity contribution in [3.63, 3.8) is 0 Å². The fourth-order valence-electron chi connectivity index (χ4n) is 3.32. The second-order valence-corrected chi connectivity index (χ2v) is 10.3. The smallest absolute Gasteiger partial charge is 0.285 e. The zero-order chi connectivity index (χ0) is 26.5. The van der Waals surface area contributed by atoms with E-state index in [1.807, 2.05) is 38.1 Å². The van der Waals surface area contributed by atoms with Crippen LogP contribution >= 0.6 is 35.6 Å². The van der Waals surface area contributed by atoms with Gasteiger partial charge in [-0.25, -0.2) is 0 Å². The van der Waals surface area contributed by atoms with Crippen LogP contribution in [0.1, 0.15) is 27.0 Å². The summed E-state index contributed by atoms with van der Waals surface area (Å²) >= 11 is 12.5. The molecular formula is C27H22ClN3O4S2. The van der Waals surface area contributed by atoms with Crippen molar-refractivity contribution in [1.29, 1.82) is 0 Å². The molecule has 4 rings (SSSR count). The Bertz CT molecular complexity index is 1410. The molecule has 0 saturated carbocycles. The van der Waals surface area contributed by atoms with Crippen LogP contribution in [0.25, 0.3) is 6.08 Å². The van der Waals surface area contributed by atoms with Gasteiger partial charge in [-0.2, -0.15) is 5.01 Å². The zero-order valence-corrected chi connectivity index (χ0v) is 22.3. The van der Waals surface area contributed by atoms with Crippen molar-refractivity contribution in [1.82, 2.24) is 10.4 Å². The number of carbonyl (C=O) groups is 3. The normalized spacial score (nSPS) is 14.1. The van der Waals surface area contributed by atoms with E-state index >= 15 is 0 Å². The van der Waals surface area contributed by atoms with E-state index in [1.54, 1.807) is 48.5 Å². The molecule has 1 aliphatic rings. The van der Waals surface area contributed by atoms with Gasteiger partial charge >= 0.3 is 0 Å². The van der Waals surface area contributed by atoms with Crippen LogP contribution in [-0.2, 0) is 9.59 Å². The van der Waals surface area contributed by atoms with Crippen molar-refractivity contribution in [3.05, 3.63) is 98.9 Å². The van der Waals surface area contributed by atoms with Crippen LogP contribution in [0.5, 0.6) is 5.75 Å². The van der Waals surface area contributed by atoms with E-state index in [-0.39, 0.29) is 27.4 Å². The van der Waals surface area contributed by atoms with Crippen LogP contribution < -0.4 is 15.5 Å². The first kappa shape index (κ1) is 26.4. The molecule has 0 atom stereocenters. The van der Waals surface area contributed by atoms with Crippen molar-refractivity contribution < 1.29 is 19.1 Å². The van der Waals surface area contributed by atoms with Crippen LogP contribution in [0, 0.1) is 13.8 Å². The summed E-state index contributed by atoms with van der Waals surface area (Å²) in [5.74, 6) is -0.744. The summed E-state index contributed by atoms with van der Waals surface area (Å²) in [5, 5.41) is 4.10. The third-order valence-electron chi connectivity index (χ3n) is 5.26. The topological polar surface area (TPSA) is 87.7 Å². The number of halogens is 1. The molecule has 1 heterocycles. The van der Waals surface area contributed by atoms with E-state index in [4.69, 9.17) is 28.6 Å². The van der Waals surface area contributed by atoms with Crippen LogP contribution in [0.15, 0.2) is 71.6 Å². The Balaban J connectivity index is 1.34. The van der Waals surface area contributed by atoms with Crippen molar-refractivity contribution in [2.45, 2.75) is 13.8 Å². The third kappa shape index (κ3) is 6.76. The summed E-state index contributed by atoms with van der Waals surface area (Å²) in [4.78, 5) is 38.0. The maximum absolute atomic E-state index is 12.9. The highest BCUT2D eigenvalue weighted by molar-refractivity contribution is 8.26. The molecule has 7 nitrogen and oxygen atoms in total.